The quantitative estimate of drug-likeness (QED) is 0.941. The fourth-order valence-corrected chi connectivity index (χ4v) is 1.81. The maximum atomic E-state index is 13.0. The number of rotatable bonds is 4. The van der Waals surface area contributed by atoms with E-state index in [4.69, 9.17) is 5.26 Å². The second-order valence-electron chi connectivity index (χ2n) is 4.58. The molecule has 0 unspecified atom stereocenters. The van der Waals surface area contributed by atoms with Gasteiger partial charge in [0.05, 0.1) is 18.4 Å². The summed E-state index contributed by atoms with van der Waals surface area (Å²) < 4.78 is 26.1. The molecule has 1 aromatic heterocycles. The smallest absolute Gasteiger partial charge is 0.243 e. The Morgan fingerprint density at radius 1 is 1.32 bits per heavy atom. The largest absolute Gasteiger partial charge is 0.364 e. The second kappa shape index (κ2) is 6.63. The lowest BCUT2D eigenvalue weighted by atomic mass is 10.3. The van der Waals surface area contributed by atoms with Crippen molar-refractivity contribution in [1.82, 2.24) is 4.98 Å². The normalized spacial score (nSPS) is 9.91. The molecule has 0 atom stereocenters. The van der Waals surface area contributed by atoms with Gasteiger partial charge in [0.2, 0.25) is 5.91 Å². The summed E-state index contributed by atoms with van der Waals surface area (Å²) in [6.07, 6.45) is 1.47. The Balaban J connectivity index is 2.00. The highest BCUT2D eigenvalue weighted by atomic mass is 19.1. The Kier molecular flexibility index (Phi) is 4.63. The number of carbonyl (C=O) groups excluding carboxylic acids is 1. The summed E-state index contributed by atoms with van der Waals surface area (Å²) in [7, 11) is 1.66. The van der Waals surface area contributed by atoms with E-state index in [2.05, 4.69) is 10.3 Å². The van der Waals surface area contributed by atoms with Crippen LogP contribution in [-0.4, -0.2) is 24.5 Å². The number of amides is 1. The van der Waals surface area contributed by atoms with Crippen molar-refractivity contribution in [1.29, 1.82) is 5.26 Å². The molecule has 1 heterocycles. The summed E-state index contributed by atoms with van der Waals surface area (Å²) in [5.74, 6) is -1.96. The maximum Gasteiger partial charge on any atom is 0.243 e. The van der Waals surface area contributed by atoms with E-state index in [0.29, 0.717) is 5.69 Å². The van der Waals surface area contributed by atoms with Gasteiger partial charge in [-0.15, -0.1) is 0 Å². The van der Waals surface area contributed by atoms with Gasteiger partial charge in [0.1, 0.15) is 23.4 Å². The maximum absolute atomic E-state index is 13.0. The summed E-state index contributed by atoms with van der Waals surface area (Å²) in [6.45, 7) is -0.0360. The van der Waals surface area contributed by atoms with Gasteiger partial charge < -0.3 is 10.2 Å². The molecule has 0 spiro atoms. The Labute approximate surface area is 125 Å². The molecule has 0 bridgehead atoms. The molecule has 112 valence electrons. The standard InChI is InChI=1S/C15H12F2N4O/c1-21(14-3-2-12(7-18)19-8-14)9-15(22)20-13-5-10(16)4-11(17)6-13/h2-6,8H,9H2,1H3,(H,20,22). The van der Waals surface area contributed by atoms with Crippen molar-refractivity contribution in [2.45, 2.75) is 0 Å². The van der Waals surface area contributed by atoms with Crippen LogP contribution in [0.3, 0.4) is 0 Å². The van der Waals surface area contributed by atoms with E-state index in [1.807, 2.05) is 6.07 Å². The van der Waals surface area contributed by atoms with Crippen LogP contribution in [0.15, 0.2) is 36.5 Å². The molecule has 1 N–H and O–H groups in total. The van der Waals surface area contributed by atoms with Crippen LogP contribution in [0.25, 0.3) is 0 Å². The molecule has 0 radical (unpaired) electrons. The number of likely N-dealkylation sites (N-methyl/N-ethyl adjacent to an activating group) is 1. The molecule has 0 aliphatic carbocycles. The first-order valence-corrected chi connectivity index (χ1v) is 6.31. The first kappa shape index (κ1) is 15.4. The molecule has 1 amide bonds. The van der Waals surface area contributed by atoms with Gasteiger partial charge in [-0.3, -0.25) is 4.79 Å². The molecule has 5 nitrogen and oxygen atoms in total. The zero-order valence-corrected chi connectivity index (χ0v) is 11.7. The lowest BCUT2D eigenvalue weighted by Gasteiger charge is -2.18. The Hall–Kier alpha value is -3.01. The van der Waals surface area contributed by atoms with Gasteiger partial charge in [-0.05, 0) is 24.3 Å². The zero-order chi connectivity index (χ0) is 16.1. The Morgan fingerprint density at radius 3 is 2.55 bits per heavy atom. The number of carbonyl (C=O) groups is 1. The number of hydrogen-bond acceptors (Lipinski definition) is 4. The molecule has 0 aliphatic heterocycles. The second-order valence-corrected chi connectivity index (χ2v) is 4.58. The number of benzene rings is 1. The molecule has 2 rings (SSSR count). The molecule has 22 heavy (non-hydrogen) atoms. The van der Waals surface area contributed by atoms with Gasteiger partial charge in [0, 0.05) is 18.8 Å². The summed E-state index contributed by atoms with van der Waals surface area (Å²) >= 11 is 0. The van der Waals surface area contributed by atoms with Crippen molar-refractivity contribution in [2.75, 3.05) is 23.8 Å². The van der Waals surface area contributed by atoms with E-state index >= 15 is 0 Å². The van der Waals surface area contributed by atoms with E-state index < -0.39 is 17.5 Å². The van der Waals surface area contributed by atoms with Crippen LogP contribution in [0.5, 0.6) is 0 Å². The summed E-state index contributed by atoms with van der Waals surface area (Å²) in [4.78, 5) is 17.4. The Morgan fingerprint density at radius 2 is 2.00 bits per heavy atom. The predicted octanol–water partition coefficient (Wildman–Crippen LogP) is 2.31. The fourth-order valence-electron chi connectivity index (χ4n) is 1.81. The summed E-state index contributed by atoms with van der Waals surface area (Å²) in [5.41, 5.74) is 0.963. The van der Waals surface area contributed by atoms with Crippen molar-refractivity contribution in [3.05, 3.63) is 53.9 Å². The van der Waals surface area contributed by atoms with E-state index in [9.17, 15) is 13.6 Å². The van der Waals surface area contributed by atoms with Gasteiger partial charge in [-0.2, -0.15) is 5.26 Å². The lowest BCUT2D eigenvalue weighted by molar-refractivity contribution is -0.114. The van der Waals surface area contributed by atoms with Crippen LogP contribution in [0.1, 0.15) is 5.69 Å². The first-order valence-electron chi connectivity index (χ1n) is 6.31. The predicted molar refractivity (Wildman–Crippen MR) is 77.2 cm³/mol. The summed E-state index contributed by atoms with van der Waals surface area (Å²) in [5, 5.41) is 11.1. The number of hydrogen-bond donors (Lipinski definition) is 1. The molecular weight excluding hydrogens is 290 g/mol. The van der Waals surface area contributed by atoms with E-state index in [1.165, 1.54) is 12.3 Å². The molecule has 0 fully saturated rings. The van der Waals surface area contributed by atoms with Crippen LogP contribution in [0.2, 0.25) is 0 Å². The molecular formula is C15H12F2N4O. The monoisotopic (exact) mass is 302 g/mol. The number of halogens is 2. The third-order valence-electron chi connectivity index (χ3n) is 2.83. The van der Waals surface area contributed by atoms with Crippen molar-refractivity contribution < 1.29 is 13.6 Å². The Bertz CT molecular complexity index is 705. The number of nitrogens with one attached hydrogen (secondary N) is 1. The SMILES string of the molecule is CN(CC(=O)Nc1cc(F)cc(F)c1)c1ccc(C#N)nc1. The van der Waals surface area contributed by atoms with Crippen molar-refractivity contribution in [3.8, 4) is 6.07 Å². The average Bonchev–Trinajstić information content (AvgIpc) is 2.46. The van der Waals surface area contributed by atoms with Crippen LogP contribution in [0, 0.1) is 23.0 Å². The van der Waals surface area contributed by atoms with Gasteiger partial charge >= 0.3 is 0 Å². The first-order chi connectivity index (χ1) is 10.5. The fraction of sp³-hybridized carbons (Fsp3) is 0.133. The minimum absolute atomic E-state index is 0.0360. The average molecular weight is 302 g/mol. The van der Waals surface area contributed by atoms with Crippen molar-refractivity contribution in [3.63, 3.8) is 0 Å². The third kappa shape index (κ3) is 3.99. The lowest BCUT2D eigenvalue weighted by Crippen LogP contribution is -2.30. The molecule has 0 saturated carbocycles. The number of anilines is 2. The number of aromatic nitrogens is 1. The van der Waals surface area contributed by atoms with Gasteiger partial charge in [-0.1, -0.05) is 0 Å². The van der Waals surface area contributed by atoms with Gasteiger partial charge in [-0.25, -0.2) is 13.8 Å². The number of nitriles is 1. The molecule has 0 aliphatic rings. The van der Waals surface area contributed by atoms with Gasteiger partial charge in [0.25, 0.3) is 0 Å². The minimum Gasteiger partial charge on any atom is -0.364 e. The third-order valence-corrected chi connectivity index (χ3v) is 2.83. The van der Waals surface area contributed by atoms with Crippen LogP contribution in [0.4, 0.5) is 20.2 Å². The van der Waals surface area contributed by atoms with Crippen LogP contribution < -0.4 is 10.2 Å². The van der Waals surface area contributed by atoms with E-state index in [-0.39, 0.29) is 17.9 Å². The number of pyridine rings is 1. The van der Waals surface area contributed by atoms with E-state index in [0.717, 1.165) is 18.2 Å². The molecule has 1 aromatic carbocycles. The number of nitrogens with zero attached hydrogens (tertiary/aromatic N) is 3. The van der Waals surface area contributed by atoms with E-state index in [1.54, 1.807) is 18.0 Å². The minimum atomic E-state index is -0.764. The molecule has 0 saturated heterocycles. The highest BCUT2D eigenvalue weighted by molar-refractivity contribution is 5.94. The zero-order valence-electron chi connectivity index (χ0n) is 11.7. The van der Waals surface area contributed by atoms with Crippen LogP contribution in [-0.2, 0) is 4.79 Å². The highest BCUT2D eigenvalue weighted by Gasteiger charge is 2.10. The van der Waals surface area contributed by atoms with Gasteiger partial charge in [0.15, 0.2) is 0 Å². The van der Waals surface area contributed by atoms with Crippen molar-refractivity contribution in [2.24, 2.45) is 0 Å². The van der Waals surface area contributed by atoms with Crippen LogP contribution >= 0.6 is 0 Å². The molecule has 2 aromatic rings. The molecule has 7 heteroatoms. The summed E-state index contributed by atoms with van der Waals surface area (Å²) in [6, 6.07) is 7.87. The highest BCUT2D eigenvalue weighted by Crippen LogP contribution is 2.14. The topological polar surface area (TPSA) is 69.0 Å². The van der Waals surface area contributed by atoms with Crippen molar-refractivity contribution >= 4 is 17.3 Å².